The van der Waals surface area contributed by atoms with Crippen molar-refractivity contribution in [2.75, 3.05) is 18.0 Å². The Balaban J connectivity index is 3.30. The molecule has 0 atom stereocenters. The van der Waals surface area contributed by atoms with Crippen LogP contribution >= 0.6 is 0 Å². The van der Waals surface area contributed by atoms with E-state index in [1.165, 1.54) is 12.1 Å². The van der Waals surface area contributed by atoms with Gasteiger partial charge in [-0.3, -0.25) is 0 Å². The molecule has 0 unspecified atom stereocenters. The van der Waals surface area contributed by atoms with Crippen LogP contribution in [0.2, 0.25) is 0 Å². The lowest BCUT2D eigenvalue weighted by Gasteiger charge is -2.22. The molecule has 0 spiro atoms. The lowest BCUT2D eigenvalue weighted by molar-refractivity contribution is 0.0696. The van der Waals surface area contributed by atoms with E-state index in [4.69, 9.17) is 10.2 Å². The Morgan fingerprint density at radius 3 is 1.74 bits per heavy atom. The smallest absolute Gasteiger partial charge is 0.335 e. The molecule has 0 amide bonds. The minimum atomic E-state index is -1.17. The van der Waals surface area contributed by atoms with E-state index in [9.17, 15) is 9.59 Å². The zero-order chi connectivity index (χ0) is 14.4. The maximum atomic E-state index is 11.0. The molecule has 5 heteroatoms. The normalized spacial score (nSPS) is 9.68. The second-order valence-electron chi connectivity index (χ2n) is 3.86. The van der Waals surface area contributed by atoms with Gasteiger partial charge in [0.1, 0.15) is 0 Å². The minimum absolute atomic E-state index is 0.0620. The monoisotopic (exact) mass is 261 g/mol. The van der Waals surface area contributed by atoms with Crippen LogP contribution in [-0.4, -0.2) is 35.2 Å². The van der Waals surface area contributed by atoms with Crippen molar-refractivity contribution in [2.45, 2.75) is 0 Å². The molecule has 0 saturated heterocycles. The minimum Gasteiger partial charge on any atom is -0.478 e. The number of aromatic carboxylic acids is 2. The van der Waals surface area contributed by atoms with Gasteiger partial charge in [0.2, 0.25) is 0 Å². The first kappa shape index (κ1) is 14.5. The molecule has 0 aliphatic rings. The zero-order valence-corrected chi connectivity index (χ0v) is 10.4. The number of rotatable bonds is 7. The molecule has 0 aromatic heterocycles. The third-order valence-electron chi connectivity index (χ3n) is 2.48. The summed E-state index contributed by atoms with van der Waals surface area (Å²) in [5.74, 6) is -2.33. The average Bonchev–Trinajstić information content (AvgIpc) is 2.37. The van der Waals surface area contributed by atoms with E-state index in [2.05, 4.69) is 13.2 Å². The van der Waals surface area contributed by atoms with Crippen LogP contribution in [-0.2, 0) is 0 Å². The molecular weight excluding hydrogens is 246 g/mol. The molecule has 1 aromatic carbocycles. The predicted octanol–water partition coefficient (Wildman–Crippen LogP) is 2.26. The number of anilines is 1. The Morgan fingerprint density at radius 1 is 1.00 bits per heavy atom. The van der Waals surface area contributed by atoms with Crippen LogP contribution in [0.3, 0.4) is 0 Å². The van der Waals surface area contributed by atoms with Gasteiger partial charge in [0.15, 0.2) is 0 Å². The Hall–Kier alpha value is -2.56. The van der Waals surface area contributed by atoms with Crippen molar-refractivity contribution in [2.24, 2.45) is 0 Å². The highest BCUT2D eigenvalue weighted by molar-refractivity contribution is 5.95. The van der Waals surface area contributed by atoms with E-state index in [-0.39, 0.29) is 11.1 Å². The maximum Gasteiger partial charge on any atom is 0.335 e. The van der Waals surface area contributed by atoms with Crippen molar-refractivity contribution < 1.29 is 19.8 Å². The Morgan fingerprint density at radius 2 is 1.42 bits per heavy atom. The molecule has 1 rings (SSSR count). The molecule has 5 nitrogen and oxygen atoms in total. The number of carboxylic acid groups (broad SMARTS) is 2. The number of benzene rings is 1. The standard InChI is InChI=1S/C14H15NO4/c1-3-5-15(6-4-2)12-8-10(13(16)17)7-11(9-12)14(18)19/h3-4,7-9H,1-2,5-6H2,(H,16,17)(H,18,19). The number of carbonyl (C=O) groups is 2. The van der Waals surface area contributed by atoms with Crippen molar-refractivity contribution in [1.29, 1.82) is 0 Å². The molecule has 0 heterocycles. The lowest BCUT2D eigenvalue weighted by atomic mass is 10.1. The Kier molecular flexibility index (Phi) is 4.88. The third-order valence-corrected chi connectivity index (χ3v) is 2.48. The molecule has 0 saturated carbocycles. The van der Waals surface area contributed by atoms with Crippen LogP contribution in [0.25, 0.3) is 0 Å². The van der Waals surface area contributed by atoms with Gasteiger partial charge in [-0.05, 0) is 18.2 Å². The van der Waals surface area contributed by atoms with Crippen LogP contribution in [0.5, 0.6) is 0 Å². The molecule has 100 valence electrons. The summed E-state index contributed by atoms with van der Waals surface area (Å²) in [7, 11) is 0. The molecular formula is C14H15NO4. The zero-order valence-electron chi connectivity index (χ0n) is 10.4. The van der Waals surface area contributed by atoms with Crippen molar-refractivity contribution in [3.8, 4) is 0 Å². The lowest BCUT2D eigenvalue weighted by Crippen LogP contribution is -2.23. The SMILES string of the molecule is C=CCN(CC=C)c1cc(C(=O)O)cc(C(=O)O)c1. The largest absolute Gasteiger partial charge is 0.478 e. The van der Waals surface area contributed by atoms with E-state index in [1.54, 1.807) is 17.1 Å². The van der Waals surface area contributed by atoms with Gasteiger partial charge in [0, 0.05) is 18.8 Å². The van der Waals surface area contributed by atoms with Crippen LogP contribution in [0, 0.1) is 0 Å². The Labute approximate surface area is 111 Å². The maximum absolute atomic E-state index is 11.0. The summed E-state index contributed by atoms with van der Waals surface area (Å²) in [5.41, 5.74) is 0.387. The highest BCUT2D eigenvalue weighted by atomic mass is 16.4. The van der Waals surface area contributed by atoms with E-state index >= 15 is 0 Å². The molecule has 2 N–H and O–H groups in total. The van der Waals surface area contributed by atoms with Crippen molar-refractivity contribution in [3.63, 3.8) is 0 Å². The van der Waals surface area contributed by atoms with E-state index in [0.717, 1.165) is 6.07 Å². The van der Waals surface area contributed by atoms with Gasteiger partial charge in [-0.2, -0.15) is 0 Å². The number of hydrogen-bond acceptors (Lipinski definition) is 3. The van der Waals surface area contributed by atoms with Crippen molar-refractivity contribution in [3.05, 3.63) is 54.6 Å². The second kappa shape index (κ2) is 6.39. The first-order chi connectivity index (χ1) is 8.99. The fourth-order valence-corrected chi connectivity index (χ4v) is 1.64. The summed E-state index contributed by atoms with van der Waals surface area (Å²) in [6.45, 7) is 8.16. The topological polar surface area (TPSA) is 77.8 Å². The predicted molar refractivity (Wildman–Crippen MR) is 73.0 cm³/mol. The molecule has 0 fully saturated rings. The first-order valence-corrected chi connectivity index (χ1v) is 5.58. The molecule has 0 aliphatic carbocycles. The number of hydrogen-bond donors (Lipinski definition) is 2. The van der Waals surface area contributed by atoms with Gasteiger partial charge in [0.25, 0.3) is 0 Å². The van der Waals surface area contributed by atoms with Gasteiger partial charge >= 0.3 is 11.9 Å². The summed E-state index contributed by atoms with van der Waals surface area (Å²) in [4.78, 5) is 23.8. The molecule has 0 bridgehead atoms. The molecule has 0 aliphatic heterocycles. The van der Waals surface area contributed by atoms with Gasteiger partial charge in [0.05, 0.1) is 11.1 Å². The fraction of sp³-hybridized carbons (Fsp3) is 0.143. The van der Waals surface area contributed by atoms with E-state index in [0.29, 0.717) is 18.8 Å². The summed E-state index contributed by atoms with van der Waals surface area (Å²) in [6.07, 6.45) is 3.30. The van der Waals surface area contributed by atoms with E-state index in [1.807, 2.05) is 0 Å². The summed E-state index contributed by atoms with van der Waals surface area (Å²) >= 11 is 0. The molecule has 19 heavy (non-hydrogen) atoms. The summed E-state index contributed by atoms with van der Waals surface area (Å²) in [6, 6.07) is 4.00. The molecule has 0 radical (unpaired) electrons. The van der Waals surface area contributed by atoms with Gasteiger partial charge < -0.3 is 15.1 Å². The summed E-state index contributed by atoms with van der Waals surface area (Å²) < 4.78 is 0. The quantitative estimate of drug-likeness (QED) is 0.736. The van der Waals surface area contributed by atoms with Crippen LogP contribution in [0.1, 0.15) is 20.7 Å². The van der Waals surface area contributed by atoms with E-state index < -0.39 is 11.9 Å². The summed E-state index contributed by atoms with van der Waals surface area (Å²) in [5, 5.41) is 18.0. The highest BCUT2D eigenvalue weighted by Crippen LogP contribution is 2.20. The second-order valence-corrected chi connectivity index (χ2v) is 3.86. The van der Waals surface area contributed by atoms with Gasteiger partial charge in [-0.15, -0.1) is 13.2 Å². The van der Waals surface area contributed by atoms with Crippen molar-refractivity contribution >= 4 is 17.6 Å². The molecule has 1 aromatic rings. The van der Waals surface area contributed by atoms with Crippen LogP contribution in [0.15, 0.2) is 43.5 Å². The van der Waals surface area contributed by atoms with Crippen molar-refractivity contribution in [1.82, 2.24) is 0 Å². The average molecular weight is 261 g/mol. The highest BCUT2D eigenvalue weighted by Gasteiger charge is 2.14. The first-order valence-electron chi connectivity index (χ1n) is 5.58. The Bertz CT molecular complexity index is 480. The van der Waals surface area contributed by atoms with Crippen LogP contribution in [0.4, 0.5) is 5.69 Å². The van der Waals surface area contributed by atoms with Gasteiger partial charge in [-0.25, -0.2) is 9.59 Å². The van der Waals surface area contributed by atoms with Crippen LogP contribution < -0.4 is 4.90 Å². The fourth-order valence-electron chi connectivity index (χ4n) is 1.64. The number of nitrogens with zero attached hydrogens (tertiary/aromatic N) is 1. The number of carboxylic acids is 2. The van der Waals surface area contributed by atoms with Gasteiger partial charge in [-0.1, -0.05) is 12.2 Å². The third kappa shape index (κ3) is 3.70.